The van der Waals surface area contributed by atoms with Crippen molar-refractivity contribution in [2.24, 2.45) is 0 Å². The number of nitrogens with zero attached hydrogens (tertiary/aromatic N) is 1. The molecule has 3 nitrogen and oxygen atoms in total. The van der Waals surface area contributed by atoms with Gasteiger partial charge in [-0.25, -0.2) is 0 Å². The normalized spacial score (nSPS) is 22.5. The Morgan fingerprint density at radius 3 is 2.67 bits per heavy atom. The Balaban J connectivity index is 2.15. The van der Waals surface area contributed by atoms with E-state index in [2.05, 4.69) is 17.1 Å². The van der Waals surface area contributed by atoms with Crippen molar-refractivity contribution < 1.29 is 5.11 Å². The molecule has 0 aromatic carbocycles. The molecule has 3 heteroatoms. The van der Waals surface area contributed by atoms with Gasteiger partial charge in [-0.3, -0.25) is 4.90 Å². The van der Waals surface area contributed by atoms with Gasteiger partial charge in [0, 0.05) is 38.8 Å². The van der Waals surface area contributed by atoms with E-state index in [1.54, 1.807) is 0 Å². The standard InChI is InChI=1S/C9H20N2O/c1-9(3-2-8-12)11-6-4-10-5-7-11/h9-10,12H,2-8H2,1H3/t9-/m0/s1. The molecule has 12 heavy (non-hydrogen) atoms. The average molecular weight is 172 g/mol. The first-order valence-corrected chi connectivity index (χ1v) is 4.90. The molecular weight excluding hydrogens is 152 g/mol. The van der Waals surface area contributed by atoms with E-state index in [1.165, 1.54) is 0 Å². The molecule has 0 radical (unpaired) electrons. The molecule has 0 unspecified atom stereocenters. The van der Waals surface area contributed by atoms with Crippen LogP contribution in [0.4, 0.5) is 0 Å². The highest BCUT2D eigenvalue weighted by Gasteiger charge is 2.15. The fraction of sp³-hybridized carbons (Fsp3) is 1.00. The molecule has 1 saturated heterocycles. The SMILES string of the molecule is C[C@@H](CCCO)N1CCNCC1. The zero-order valence-corrected chi connectivity index (χ0v) is 7.92. The summed E-state index contributed by atoms with van der Waals surface area (Å²) in [6.45, 7) is 7.13. The van der Waals surface area contributed by atoms with Crippen LogP contribution in [0, 0.1) is 0 Å². The maximum Gasteiger partial charge on any atom is 0.0431 e. The zero-order valence-electron chi connectivity index (χ0n) is 7.92. The smallest absolute Gasteiger partial charge is 0.0431 e. The van der Waals surface area contributed by atoms with Gasteiger partial charge >= 0.3 is 0 Å². The lowest BCUT2D eigenvalue weighted by Gasteiger charge is -2.32. The van der Waals surface area contributed by atoms with Gasteiger partial charge in [0.15, 0.2) is 0 Å². The first kappa shape index (κ1) is 9.96. The predicted octanol–water partition coefficient (Wildman–Crippen LogP) is 0.0526. The lowest BCUT2D eigenvalue weighted by molar-refractivity contribution is 0.165. The van der Waals surface area contributed by atoms with Crippen molar-refractivity contribution in [3.63, 3.8) is 0 Å². The third-order valence-corrected chi connectivity index (χ3v) is 2.55. The van der Waals surface area contributed by atoms with Crippen LogP contribution in [0.2, 0.25) is 0 Å². The van der Waals surface area contributed by atoms with Crippen LogP contribution in [0.15, 0.2) is 0 Å². The van der Waals surface area contributed by atoms with Gasteiger partial charge in [-0.1, -0.05) is 0 Å². The minimum Gasteiger partial charge on any atom is -0.396 e. The average Bonchev–Trinajstić information content (AvgIpc) is 2.15. The van der Waals surface area contributed by atoms with E-state index in [0.29, 0.717) is 12.6 Å². The summed E-state index contributed by atoms with van der Waals surface area (Å²) < 4.78 is 0. The van der Waals surface area contributed by atoms with Crippen LogP contribution in [-0.2, 0) is 0 Å². The Labute approximate surface area is 74.8 Å². The van der Waals surface area contributed by atoms with E-state index in [-0.39, 0.29) is 0 Å². The van der Waals surface area contributed by atoms with Crippen LogP contribution in [0.1, 0.15) is 19.8 Å². The summed E-state index contributed by atoms with van der Waals surface area (Å²) in [5.74, 6) is 0. The van der Waals surface area contributed by atoms with Crippen molar-refractivity contribution in [3.05, 3.63) is 0 Å². The molecule has 0 aromatic heterocycles. The Hall–Kier alpha value is -0.120. The minimum atomic E-state index is 0.330. The summed E-state index contributed by atoms with van der Waals surface area (Å²) in [5.41, 5.74) is 0. The van der Waals surface area contributed by atoms with Crippen LogP contribution >= 0.6 is 0 Å². The molecule has 0 saturated carbocycles. The maximum atomic E-state index is 8.68. The molecule has 1 rings (SSSR count). The number of piperazine rings is 1. The number of nitrogens with one attached hydrogen (secondary N) is 1. The van der Waals surface area contributed by atoms with Gasteiger partial charge in [0.05, 0.1) is 0 Å². The molecule has 1 aliphatic heterocycles. The fourth-order valence-electron chi connectivity index (χ4n) is 1.69. The van der Waals surface area contributed by atoms with Gasteiger partial charge < -0.3 is 10.4 Å². The Morgan fingerprint density at radius 1 is 1.42 bits per heavy atom. The Morgan fingerprint density at radius 2 is 2.08 bits per heavy atom. The first-order chi connectivity index (χ1) is 5.84. The lowest BCUT2D eigenvalue weighted by atomic mass is 10.1. The molecule has 1 aliphatic rings. The van der Waals surface area contributed by atoms with Crippen molar-refractivity contribution in [2.75, 3.05) is 32.8 Å². The van der Waals surface area contributed by atoms with E-state index in [1.807, 2.05) is 0 Å². The summed E-state index contributed by atoms with van der Waals surface area (Å²) in [5, 5.41) is 12.0. The summed E-state index contributed by atoms with van der Waals surface area (Å²) in [4.78, 5) is 2.49. The van der Waals surface area contributed by atoms with E-state index >= 15 is 0 Å². The van der Waals surface area contributed by atoms with Crippen molar-refractivity contribution in [1.82, 2.24) is 10.2 Å². The van der Waals surface area contributed by atoms with E-state index < -0.39 is 0 Å². The molecule has 1 fully saturated rings. The zero-order chi connectivity index (χ0) is 8.81. The summed E-state index contributed by atoms with van der Waals surface area (Å²) in [6.07, 6.45) is 2.06. The maximum absolute atomic E-state index is 8.68. The van der Waals surface area contributed by atoms with Gasteiger partial charge in [0.1, 0.15) is 0 Å². The third-order valence-electron chi connectivity index (χ3n) is 2.55. The van der Waals surface area contributed by atoms with Gasteiger partial charge in [0.25, 0.3) is 0 Å². The molecule has 2 N–H and O–H groups in total. The number of aliphatic hydroxyl groups excluding tert-OH is 1. The first-order valence-electron chi connectivity index (χ1n) is 4.90. The number of hydrogen-bond donors (Lipinski definition) is 2. The Kier molecular flexibility index (Phi) is 4.58. The molecule has 1 heterocycles. The molecular formula is C9H20N2O. The molecule has 0 amide bonds. The van der Waals surface area contributed by atoms with Crippen molar-refractivity contribution in [2.45, 2.75) is 25.8 Å². The lowest BCUT2D eigenvalue weighted by Crippen LogP contribution is -2.47. The van der Waals surface area contributed by atoms with E-state index in [0.717, 1.165) is 39.0 Å². The van der Waals surface area contributed by atoms with Crippen LogP contribution in [0.5, 0.6) is 0 Å². The molecule has 0 aliphatic carbocycles. The predicted molar refractivity (Wildman–Crippen MR) is 50.2 cm³/mol. The van der Waals surface area contributed by atoms with Crippen LogP contribution in [-0.4, -0.2) is 48.8 Å². The highest BCUT2D eigenvalue weighted by atomic mass is 16.2. The van der Waals surface area contributed by atoms with Gasteiger partial charge in [-0.05, 0) is 19.8 Å². The van der Waals surface area contributed by atoms with E-state index in [9.17, 15) is 0 Å². The van der Waals surface area contributed by atoms with Crippen LogP contribution in [0.25, 0.3) is 0 Å². The third kappa shape index (κ3) is 3.09. The largest absolute Gasteiger partial charge is 0.396 e. The summed E-state index contributed by atoms with van der Waals surface area (Å²) >= 11 is 0. The molecule has 0 bridgehead atoms. The number of aliphatic hydroxyl groups is 1. The second-order valence-corrected chi connectivity index (χ2v) is 3.50. The van der Waals surface area contributed by atoms with E-state index in [4.69, 9.17) is 5.11 Å². The molecule has 72 valence electrons. The highest BCUT2D eigenvalue weighted by molar-refractivity contribution is 4.73. The van der Waals surface area contributed by atoms with Crippen molar-refractivity contribution >= 4 is 0 Å². The molecule has 1 atom stereocenters. The van der Waals surface area contributed by atoms with Crippen LogP contribution in [0.3, 0.4) is 0 Å². The monoisotopic (exact) mass is 172 g/mol. The molecule has 0 spiro atoms. The van der Waals surface area contributed by atoms with Crippen LogP contribution < -0.4 is 5.32 Å². The van der Waals surface area contributed by atoms with Gasteiger partial charge in [-0.2, -0.15) is 0 Å². The fourth-order valence-corrected chi connectivity index (χ4v) is 1.69. The summed E-state index contributed by atoms with van der Waals surface area (Å²) in [6, 6.07) is 0.638. The number of hydrogen-bond acceptors (Lipinski definition) is 3. The van der Waals surface area contributed by atoms with Gasteiger partial charge in [-0.15, -0.1) is 0 Å². The van der Waals surface area contributed by atoms with Crippen molar-refractivity contribution in [1.29, 1.82) is 0 Å². The molecule has 0 aromatic rings. The quantitative estimate of drug-likeness (QED) is 0.629. The van der Waals surface area contributed by atoms with Gasteiger partial charge in [0.2, 0.25) is 0 Å². The Bertz CT molecular complexity index is 113. The topological polar surface area (TPSA) is 35.5 Å². The highest BCUT2D eigenvalue weighted by Crippen LogP contribution is 2.06. The second-order valence-electron chi connectivity index (χ2n) is 3.50. The summed E-state index contributed by atoms with van der Waals surface area (Å²) in [7, 11) is 0. The van der Waals surface area contributed by atoms with Crippen molar-refractivity contribution in [3.8, 4) is 0 Å². The second kappa shape index (κ2) is 5.51. The number of rotatable bonds is 4. The minimum absolute atomic E-state index is 0.330.